The van der Waals surface area contributed by atoms with Gasteiger partial charge in [0, 0.05) is 24.5 Å². The Bertz CT molecular complexity index is 867. The lowest BCUT2D eigenvalue weighted by atomic mass is 10.2. The van der Waals surface area contributed by atoms with Gasteiger partial charge in [-0.15, -0.1) is 0 Å². The fourth-order valence-electron chi connectivity index (χ4n) is 2.83. The normalized spacial score (nSPS) is 10.9. The maximum absolute atomic E-state index is 12.8. The van der Waals surface area contributed by atoms with Crippen molar-refractivity contribution in [1.29, 1.82) is 0 Å². The molecule has 0 unspecified atom stereocenters. The zero-order chi connectivity index (χ0) is 18.5. The Labute approximate surface area is 156 Å². The number of ether oxygens (including phenoxy) is 1. The van der Waals surface area contributed by atoms with E-state index < -0.39 is 0 Å². The van der Waals surface area contributed by atoms with Crippen molar-refractivity contribution in [3.05, 3.63) is 65.1 Å². The predicted molar refractivity (Wildman–Crippen MR) is 101 cm³/mol. The highest BCUT2D eigenvalue weighted by Crippen LogP contribution is 2.29. The molecule has 1 N–H and O–H groups in total. The molecule has 0 aliphatic heterocycles. The number of benzene rings is 2. The summed E-state index contributed by atoms with van der Waals surface area (Å²) in [5.74, 6) is 0.165. The number of aryl methyl sites for hydroxylation is 1. The third-order valence-corrected chi connectivity index (χ3v) is 4.58. The van der Waals surface area contributed by atoms with Crippen LogP contribution in [0.4, 0.5) is 4.39 Å². The molecule has 0 atom stereocenters. The number of fused-ring (bicyclic) bond motifs is 1. The molecule has 2 aromatic carbocycles. The number of para-hydroxylation sites is 1. The van der Waals surface area contributed by atoms with Gasteiger partial charge in [0.25, 0.3) is 5.91 Å². The van der Waals surface area contributed by atoms with Crippen LogP contribution in [0.15, 0.2) is 48.5 Å². The van der Waals surface area contributed by atoms with Crippen molar-refractivity contribution >= 4 is 28.4 Å². The number of nitrogens with one attached hydrogen (secondary N) is 1. The van der Waals surface area contributed by atoms with E-state index in [1.165, 1.54) is 12.1 Å². The van der Waals surface area contributed by atoms with Gasteiger partial charge < -0.3 is 14.6 Å². The van der Waals surface area contributed by atoms with Crippen molar-refractivity contribution in [2.45, 2.75) is 12.8 Å². The van der Waals surface area contributed by atoms with E-state index in [-0.39, 0.29) is 11.7 Å². The molecule has 0 aliphatic rings. The molecule has 0 fully saturated rings. The molecule has 1 heterocycles. The molecule has 0 spiro atoms. The smallest absolute Gasteiger partial charge is 0.269 e. The average molecular weight is 375 g/mol. The predicted octanol–water partition coefficient (Wildman–Crippen LogP) is 4.56. The van der Waals surface area contributed by atoms with E-state index in [9.17, 15) is 9.18 Å². The van der Waals surface area contributed by atoms with Gasteiger partial charge in [-0.05, 0) is 43.2 Å². The lowest BCUT2D eigenvalue weighted by Crippen LogP contribution is -2.26. The molecule has 0 bridgehead atoms. The average Bonchev–Trinajstić information content (AvgIpc) is 2.90. The van der Waals surface area contributed by atoms with E-state index in [4.69, 9.17) is 16.3 Å². The van der Waals surface area contributed by atoms with Gasteiger partial charge in [-0.1, -0.05) is 29.8 Å². The van der Waals surface area contributed by atoms with E-state index in [1.807, 2.05) is 35.9 Å². The zero-order valence-corrected chi connectivity index (χ0v) is 15.2. The number of carbonyl (C=O) groups excluding carboxylic acids is 1. The van der Waals surface area contributed by atoms with Crippen LogP contribution in [0.3, 0.4) is 0 Å². The van der Waals surface area contributed by atoms with Crippen LogP contribution < -0.4 is 10.1 Å². The molecular weight excluding hydrogens is 355 g/mol. The summed E-state index contributed by atoms with van der Waals surface area (Å²) in [6, 6.07) is 13.6. The minimum Gasteiger partial charge on any atom is -0.494 e. The maximum atomic E-state index is 12.8. The number of hydrogen-bond donors (Lipinski definition) is 1. The van der Waals surface area contributed by atoms with Crippen molar-refractivity contribution in [3.63, 3.8) is 0 Å². The zero-order valence-electron chi connectivity index (χ0n) is 14.5. The summed E-state index contributed by atoms with van der Waals surface area (Å²) in [5, 5.41) is 4.24. The number of halogens is 2. The Balaban J connectivity index is 1.47. The highest BCUT2D eigenvalue weighted by Gasteiger charge is 2.19. The molecule has 136 valence electrons. The Morgan fingerprint density at radius 1 is 1.15 bits per heavy atom. The van der Waals surface area contributed by atoms with Crippen LogP contribution in [-0.2, 0) is 7.05 Å². The highest BCUT2D eigenvalue weighted by atomic mass is 35.5. The molecule has 0 saturated heterocycles. The molecule has 3 aromatic rings. The second-order valence-electron chi connectivity index (χ2n) is 6.00. The molecule has 0 aliphatic carbocycles. The summed E-state index contributed by atoms with van der Waals surface area (Å²) in [4.78, 5) is 12.5. The number of carbonyl (C=O) groups is 1. The van der Waals surface area contributed by atoms with Crippen LogP contribution in [0.2, 0.25) is 5.02 Å². The third kappa shape index (κ3) is 3.99. The van der Waals surface area contributed by atoms with Crippen LogP contribution in [0.1, 0.15) is 23.3 Å². The number of amides is 1. The van der Waals surface area contributed by atoms with E-state index in [1.54, 1.807) is 12.1 Å². The molecule has 6 heteroatoms. The highest BCUT2D eigenvalue weighted by molar-refractivity contribution is 6.38. The van der Waals surface area contributed by atoms with Crippen LogP contribution in [0.25, 0.3) is 10.9 Å². The van der Waals surface area contributed by atoms with Crippen molar-refractivity contribution in [1.82, 2.24) is 9.88 Å². The van der Waals surface area contributed by atoms with Gasteiger partial charge in [-0.25, -0.2) is 4.39 Å². The van der Waals surface area contributed by atoms with Gasteiger partial charge in [0.05, 0.1) is 11.6 Å². The standard InChI is InChI=1S/C20H20ClFN2O2/c1-24-17-7-3-2-6-16(17)18(21)19(24)20(25)23-12-4-5-13-26-15-10-8-14(22)9-11-15/h2-3,6-11H,4-5,12-13H2,1H3,(H,23,25). The Morgan fingerprint density at radius 3 is 2.62 bits per heavy atom. The molecule has 1 aromatic heterocycles. The molecule has 26 heavy (non-hydrogen) atoms. The topological polar surface area (TPSA) is 43.3 Å². The second kappa shape index (κ2) is 8.23. The first-order valence-electron chi connectivity index (χ1n) is 8.47. The van der Waals surface area contributed by atoms with E-state index >= 15 is 0 Å². The maximum Gasteiger partial charge on any atom is 0.269 e. The first-order valence-corrected chi connectivity index (χ1v) is 8.85. The molecule has 3 rings (SSSR count). The molecule has 1 amide bonds. The Hall–Kier alpha value is -2.53. The molecular formula is C20H20ClFN2O2. The third-order valence-electron chi connectivity index (χ3n) is 4.20. The van der Waals surface area contributed by atoms with Gasteiger partial charge in [0.2, 0.25) is 0 Å². The second-order valence-corrected chi connectivity index (χ2v) is 6.38. The number of unbranched alkanes of at least 4 members (excludes halogenated alkanes) is 1. The molecule has 0 saturated carbocycles. The van der Waals surface area contributed by atoms with E-state index in [0.717, 1.165) is 23.7 Å². The fraction of sp³-hybridized carbons (Fsp3) is 0.250. The van der Waals surface area contributed by atoms with Crippen LogP contribution >= 0.6 is 11.6 Å². The summed E-state index contributed by atoms with van der Waals surface area (Å²) in [6.07, 6.45) is 1.55. The fourth-order valence-corrected chi connectivity index (χ4v) is 3.20. The monoisotopic (exact) mass is 374 g/mol. The van der Waals surface area contributed by atoms with Crippen molar-refractivity contribution in [2.24, 2.45) is 7.05 Å². The van der Waals surface area contributed by atoms with Gasteiger partial charge in [-0.3, -0.25) is 4.79 Å². The largest absolute Gasteiger partial charge is 0.494 e. The van der Waals surface area contributed by atoms with Gasteiger partial charge in [0.15, 0.2) is 0 Å². The van der Waals surface area contributed by atoms with Gasteiger partial charge in [0.1, 0.15) is 17.3 Å². The Morgan fingerprint density at radius 2 is 1.88 bits per heavy atom. The lowest BCUT2D eigenvalue weighted by Gasteiger charge is -2.08. The van der Waals surface area contributed by atoms with Crippen LogP contribution in [0.5, 0.6) is 5.75 Å². The summed E-state index contributed by atoms with van der Waals surface area (Å²) < 4.78 is 20.1. The summed E-state index contributed by atoms with van der Waals surface area (Å²) >= 11 is 6.37. The summed E-state index contributed by atoms with van der Waals surface area (Å²) in [6.45, 7) is 1.04. The quantitative estimate of drug-likeness (QED) is 0.616. The van der Waals surface area contributed by atoms with Crippen molar-refractivity contribution in [3.8, 4) is 5.75 Å². The first-order chi connectivity index (χ1) is 12.6. The van der Waals surface area contributed by atoms with Gasteiger partial charge in [-0.2, -0.15) is 0 Å². The lowest BCUT2D eigenvalue weighted by molar-refractivity contribution is 0.0945. The minimum absolute atomic E-state index is 0.187. The van der Waals surface area contributed by atoms with Crippen molar-refractivity contribution < 1.29 is 13.9 Å². The SMILES string of the molecule is Cn1c(C(=O)NCCCCOc2ccc(F)cc2)c(Cl)c2ccccc21. The van der Waals surface area contributed by atoms with Gasteiger partial charge >= 0.3 is 0 Å². The summed E-state index contributed by atoms with van der Waals surface area (Å²) in [5.41, 5.74) is 1.39. The van der Waals surface area contributed by atoms with E-state index in [2.05, 4.69) is 5.32 Å². The summed E-state index contributed by atoms with van der Waals surface area (Å²) in [7, 11) is 1.83. The minimum atomic E-state index is -0.285. The number of rotatable bonds is 7. The first kappa shape index (κ1) is 18.3. The number of hydrogen-bond acceptors (Lipinski definition) is 2. The van der Waals surface area contributed by atoms with Crippen LogP contribution in [-0.4, -0.2) is 23.6 Å². The van der Waals surface area contributed by atoms with Crippen molar-refractivity contribution in [2.75, 3.05) is 13.2 Å². The molecule has 0 radical (unpaired) electrons. The Kier molecular flexibility index (Phi) is 5.78. The number of nitrogens with zero attached hydrogens (tertiary/aromatic N) is 1. The van der Waals surface area contributed by atoms with Crippen LogP contribution in [0, 0.1) is 5.82 Å². The molecule has 4 nitrogen and oxygen atoms in total. The number of aromatic nitrogens is 1. The van der Waals surface area contributed by atoms with E-state index in [0.29, 0.717) is 29.6 Å².